The van der Waals surface area contributed by atoms with Gasteiger partial charge in [0.15, 0.2) is 0 Å². The van der Waals surface area contributed by atoms with Gasteiger partial charge in [0, 0.05) is 17.3 Å². The van der Waals surface area contributed by atoms with Crippen LogP contribution in [0.15, 0.2) is 18.2 Å². The highest BCUT2D eigenvalue weighted by molar-refractivity contribution is 6.31. The predicted molar refractivity (Wildman–Crippen MR) is 81.7 cm³/mol. The summed E-state index contributed by atoms with van der Waals surface area (Å²) in [7, 11) is 2.15. The van der Waals surface area contributed by atoms with Gasteiger partial charge in [-0.2, -0.15) is 0 Å². The van der Waals surface area contributed by atoms with Crippen molar-refractivity contribution in [3.63, 3.8) is 0 Å². The molecule has 0 radical (unpaired) electrons. The Balaban J connectivity index is 1.86. The van der Waals surface area contributed by atoms with Crippen LogP contribution < -0.4 is 5.32 Å². The van der Waals surface area contributed by atoms with E-state index in [2.05, 4.69) is 17.3 Å². The molecule has 0 saturated carbocycles. The molecular formula is C15H21ClN2O2. The quantitative estimate of drug-likeness (QED) is 0.876. The Morgan fingerprint density at radius 2 is 2.15 bits per heavy atom. The summed E-state index contributed by atoms with van der Waals surface area (Å²) < 4.78 is 0. The maximum absolute atomic E-state index is 11.2. The number of benzene rings is 1. The highest BCUT2D eigenvalue weighted by Crippen LogP contribution is 2.23. The second kappa shape index (κ2) is 6.95. The SMILES string of the molecule is CN1CCC(CCNc2ccc(Cl)cc2C(=O)O)CC1. The second-order valence-electron chi connectivity index (χ2n) is 5.46. The molecule has 0 bridgehead atoms. The van der Waals surface area contributed by atoms with Crippen LogP contribution in [0, 0.1) is 5.92 Å². The van der Waals surface area contributed by atoms with Crippen molar-refractivity contribution in [2.24, 2.45) is 5.92 Å². The largest absolute Gasteiger partial charge is 0.478 e. The highest BCUT2D eigenvalue weighted by atomic mass is 35.5. The minimum Gasteiger partial charge on any atom is -0.478 e. The molecule has 0 spiro atoms. The Kier molecular flexibility index (Phi) is 5.26. The first-order valence-electron chi connectivity index (χ1n) is 7.01. The van der Waals surface area contributed by atoms with E-state index in [0.717, 1.165) is 32.0 Å². The molecule has 1 aliphatic rings. The fraction of sp³-hybridized carbons (Fsp3) is 0.533. The molecule has 1 aliphatic heterocycles. The standard InChI is InChI=1S/C15H21ClN2O2/c1-18-8-5-11(6-9-18)4-7-17-14-3-2-12(16)10-13(14)15(19)20/h2-3,10-11,17H,4-9H2,1H3,(H,19,20). The summed E-state index contributed by atoms with van der Waals surface area (Å²) in [5.41, 5.74) is 0.885. The number of hydrogen-bond donors (Lipinski definition) is 2. The average molecular weight is 297 g/mol. The maximum atomic E-state index is 11.2. The monoisotopic (exact) mass is 296 g/mol. The number of anilines is 1. The van der Waals surface area contributed by atoms with E-state index in [9.17, 15) is 4.79 Å². The lowest BCUT2D eigenvalue weighted by atomic mass is 9.94. The smallest absolute Gasteiger partial charge is 0.337 e. The molecule has 0 atom stereocenters. The van der Waals surface area contributed by atoms with Crippen molar-refractivity contribution >= 4 is 23.3 Å². The van der Waals surface area contributed by atoms with Gasteiger partial charge in [0.05, 0.1) is 5.56 Å². The van der Waals surface area contributed by atoms with Gasteiger partial charge in [0.2, 0.25) is 0 Å². The van der Waals surface area contributed by atoms with Crippen LogP contribution in [-0.2, 0) is 0 Å². The zero-order valence-corrected chi connectivity index (χ0v) is 12.5. The van der Waals surface area contributed by atoms with Gasteiger partial charge in [-0.25, -0.2) is 4.79 Å². The third-order valence-corrected chi connectivity index (χ3v) is 4.15. The molecule has 1 aromatic carbocycles. The van der Waals surface area contributed by atoms with Crippen LogP contribution in [0.25, 0.3) is 0 Å². The average Bonchev–Trinajstić information content (AvgIpc) is 2.42. The molecule has 0 aliphatic carbocycles. The van der Waals surface area contributed by atoms with Gasteiger partial charge in [0.1, 0.15) is 0 Å². The Bertz CT molecular complexity index is 471. The predicted octanol–water partition coefficient (Wildman–Crippen LogP) is 3.18. The number of nitrogens with zero attached hydrogens (tertiary/aromatic N) is 1. The van der Waals surface area contributed by atoms with Crippen LogP contribution in [-0.4, -0.2) is 42.7 Å². The van der Waals surface area contributed by atoms with E-state index in [1.54, 1.807) is 12.1 Å². The van der Waals surface area contributed by atoms with E-state index in [4.69, 9.17) is 16.7 Å². The Hall–Kier alpha value is -1.26. The molecule has 2 rings (SSSR count). The number of carboxylic acids is 1. The molecule has 0 amide bonds. The van der Waals surface area contributed by atoms with Crippen molar-refractivity contribution in [2.45, 2.75) is 19.3 Å². The molecule has 1 aromatic rings. The van der Waals surface area contributed by atoms with E-state index >= 15 is 0 Å². The molecule has 1 heterocycles. The number of halogens is 1. The van der Waals surface area contributed by atoms with Gasteiger partial charge in [-0.15, -0.1) is 0 Å². The summed E-state index contributed by atoms with van der Waals surface area (Å²) in [5.74, 6) is -0.214. The third-order valence-electron chi connectivity index (χ3n) is 3.92. The topological polar surface area (TPSA) is 52.6 Å². The van der Waals surface area contributed by atoms with Gasteiger partial charge < -0.3 is 15.3 Å². The lowest BCUT2D eigenvalue weighted by Crippen LogP contribution is -2.30. The number of rotatable bonds is 5. The van der Waals surface area contributed by atoms with Crippen LogP contribution >= 0.6 is 11.6 Å². The summed E-state index contributed by atoms with van der Waals surface area (Å²) in [6.45, 7) is 3.12. The molecule has 0 aromatic heterocycles. The maximum Gasteiger partial charge on any atom is 0.337 e. The molecule has 2 N–H and O–H groups in total. The first-order chi connectivity index (χ1) is 9.56. The number of nitrogens with one attached hydrogen (secondary N) is 1. The van der Waals surface area contributed by atoms with Gasteiger partial charge in [-0.3, -0.25) is 0 Å². The number of piperidine rings is 1. The lowest BCUT2D eigenvalue weighted by Gasteiger charge is -2.29. The summed E-state index contributed by atoms with van der Waals surface area (Å²) in [6.07, 6.45) is 3.53. The fourth-order valence-electron chi connectivity index (χ4n) is 2.61. The third kappa shape index (κ3) is 4.12. The molecule has 1 saturated heterocycles. The fourth-order valence-corrected chi connectivity index (χ4v) is 2.78. The number of carboxylic acid groups (broad SMARTS) is 1. The van der Waals surface area contributed by atoms with Crippen molar-refractivity contribution in [2.75, 3.05) is 32.0 Å². The number of carbonyl (C=O) groups is 1. The van der Waals surface area contributed by atoms with Gasteiger partial charge in [-0.05, 0) is 63.5 Å². The van der Waals surface area contributed by atoms with Crippen LogP contribution in [0.5, 0.6) is 0 Å². The first kappa shape index (κ1) is 15.1. The van der Waals surface area contributed by atoms with Crippen molar-refractivity contribution < 1.29 is 9.90 Å². The van der Waals surface area contributed by atoms with Gasteiger partial charge in [0.25, 0.3) is 0 Å². The van der Waals surface area contributed by atoms with Crippen molar-refractivity contribution in [1.29, 1.82) is 0 Å². The molecule has 4 nitrogen and oxygen atoms in total. The summed E-state index contributed by atoms with van der Waals surface area (Å²) in [4.78, 5) is 13.5. The Morgan fingerprint density at radius 3 is 2.80 bits per heavy atom. The van der Waals surface area contributed by atoms with Crippen LogP contribution in [0.3, 0.4) is 0 Å². The summed E-state index contributed by atoms with van der Waals surface area (Å²) >= 11 is 5.83. The van der Waals surface area contributed by atoms with E-state index < -0.39 is 5.97 Å². The van der Waals surface area contributed by atoms with Crippen LogP contribution in [0.2, 0.25) is 5.02 Å². The number of likely N-dealkylation sites (tertiary alicyclic amines) is 1. The number of hydrogen-bond acceptors (Lipinski definition) is 3. The lowest BCUT2D eigenvalue weighted by molar-refractivity contribution is 0.0698. The molecule has 5 heteroatoms. The minimum atomic E-state index is -0.950. The molecule has 1 fully saturated rings. The van der Waals surface area contributed by atoms with E-state index in [-0.39, 0.29) is 5.56 Å². The van der Waals surface area contributed by atoms with E-state index in [1.165, 1.54) is 18.9 Å². The number of aromatic carboxylic acids is 1. The normalized spacial score (nSPS) is 17.1. The summed E-state index contributed by atoms with van der Waals surface area (Å²) in [5, 5.41) is 12.8. The molecule has 20 heavy (non-hydrogen) atoms. The van der Waals surface area contributed by atoms with Crippen molar-refractivity contribution in [3.8, 4) is 0 Å². The van der Waals surface area contributed by atoms with Gasteiger partial charge in [-0.1, -0.05) is 11.6 Å². The molecule has 110 valence electrons. The zero-order chi connectivity index (χ0) is 14.5. The second-order valence-corrected chi connectivity index (χ2v) is 5.89. The van der Waals surface area contributed by atoms with Crippen LogP contribution in [0.1, 0.15) is 29.6 Å². The first-order valence-corrected chi connectivity index (χ1v) is 7.39. The van der Waals surface area contributed by atoms with E-state index in [0.29, 0.717) is 10.7 Å². The molecular weight excluding hydrogens is 276 g/mol. The Morgan fingerprint density at radius 1 is 1.45 bits per heavy atom. The van der Waals surface area contributed by atoms with Crippen LogP contribution in [0.4, 0.5) is 5.69 Å². The highest BCUT2D eigenvalue weighted by Gasteiger charge is 2.16. The van der Waals surface area contributed by atoms with Crippen molar-refractivity contribution in [1.82, 2.24) is 4.90 Å². The molecule has 0 unspecified atom stereocenters. The van der Waals surface area contributed by atoms with Crippen molar-refractivity contribution in [3.05, 3.63) is 28.8 Å². The van der Waals surface area contributed by atoms with Gasteiger partial charge >= 0.3 is 5.97 Å². The minimum absolute atomic E-state index is 0.237. The summed E-state index contributed by atoms with van der Waals surface area (Å²) in [6, 6.07) is 4.94. The zero-order valence-electron chi connectivity index (χ0n) is 11.7. The van der Waals surface area contributed by atoms with E-state index in [1.807, 2.05) is 0 Å². The Labute approximate surface area is 124 Å².